The van der Waals surface area contributed by atoms with Crippen LogP contribution in [0.3, 0.4) is 0 Å². The summed E-state index contributed by atoms with van der Waals surface area (Å²) >= 11 is 6.46. The Bertz CT molecular complexity index is 960. The van der Waals surface area contributed by atoms with Crippen LogP contribution in [-0.4, -0.2) is 21.6 Å². The molecule has 160 valence electrons. The lowest BCUT2D eigenvalue weighted by atomic mass is 10.3. The first-order chi connectivity index (χ1) is 14.8. The second kappa shape index (κ2) is 11.0. The molecule has 7 heteroatoms. The van der Waals surface area contributed by atoms with Gasteiger partial charge in [-0.25, -0.2) is 0 Å². The van der Waals surface area contributed by atoms with Crippen LogP contribution in [0.15, 0.2) is 93.5 Å². The largest absolute Gasteiger partial charge is 0.425 e. The lowest BCUT2D eigenvalue weighted by molar-refractivity contribution is -0.133. The van der Waals surface area contributed by atoms with Crippen molar-refractivity contribution in [1.82, 2.24) is 0 Å². The topological polar surface area (TPSA) is 52.6 Å². The first kappa shape index (κ1) is 23.6. The summed E-state index contributed by atoms with van der Waals surface area (Å²) < 4.78 is 11.1. The molecule has 0 radical (unpaired) electrons. The summed E-state index contributed by atoms with van der Waals surface area (Å²) in [7, 11) is -0.492. The van der Waals surface area contributed by atoms with E-state index in [-0.39, 0.29) is 0 Å². The second-order valence-electron chi connectivity index (χ2n) is 6.65. The molecule has 2 unspecified atom stereocenters. The van der Waals surface area contributed by atoms with Crippen molar-refractivity contribution in [1.29, 1.82) is 0 Å². The van der Waals surface area contributed by atoms with E-state index < -0.39 is 32.5 Å². The summed E-state index contributed by atoms with van der Waals surface area (Å²) in [6.45, 7) is 3.39. The van der Waals surface area contributed by atoms with E-state index in [1.807, 2.05) is 48.5 Å². The third-order valence-corrected chi connectivity index (χ3v) is 7.08. The van der Waals surface area contributed by atoms with E-state index >= 15 is 0 Å². The predicted octanol–water partition coefficient (Wildman–Crippen LogP) is 6.16. The Hall–Kier alpha value is -2.09. The molecule has 0 aliphatic heterocycles. The average molecular weight is 565 g/mol. The van der Waals surface area contributed by atoms with E-state index in [0.717, 1.165) is 14.7 Å². The molecule has 0 bridgehead atoms. The summed E-state index contributed by atoms with van der Waals surface area (Å²) in [5.41, 5.74) is 0. The third-order valence-electron chi connectivity index (χ3n) is 4.13. The quantitative estimate of drug-likeness (QED) is 0.149. The summed E-state index contributed by atoms with van der Waals surface area (Å²) in [5.74, 6) is -0.212. The number of ether oxygens (including phenoxy) is 2. The molecule has 3 aromatic carbocycles. The van der Waals surface area contributed by atoms with E-state index in [0.29, 0.717) is 11.5 Å². The van der Waals surface area contributed by atoms with Gasteiger partial charge < -0.3 is 9.47 Å². The van der Waals surface area contributed by atoms with Gasteiger partial charge in [-0.3, -0.25) is 9.59 Å². The van der Waals surface area contributed by atoms with E-state index in [1.54, 1.807) is 19.9 Å². The predicted molar refractivity (Wildman–Crippen MR) is 130 cm³/mol. The van der Waals surface area contributed by atoms with Crippen LogP contribution in [-0.2, 0) is 20.5 Å². The van der Waals surface area contributed by atoms with E-state index in [4.69, 9.17) is 9.47 Å². The van der Waals surface area contributed by atoms with Crippen LogP contribution in [0.1, 0.15) is 13.8 Å². The van der Waals surface area contributed by atoms with Gasteiger partial charge in [0.15, 0.2) is 14.7 Å². The molecule has 2 atom stereocenters. The van der Waals surface area contributed by atoms with Crippen LogP contribution in [0.5, 0.6) is 11.5 Å². The Morgan fingerprint density at radius 1 is 0.677 bits per heavy atom. The number of hydrogen-bond acceptors (Lipinski definition) is 4. The van der Waals surface area contributed by atoms with Crippen LogP contribution < -0.4 is 9.47 Å². The monoisotopic (exact) mass is 563 g/mol. The lowest BCUT2D eigenvalue weighted by Crippen LogP contribution is -2.19. The Labute approximate surface area is 201 Å². The summed E-state index contributed by atoms with van der Waals surface area (Å²) in [5, 5.41) is 0. The molecule has 3 aromatic rings. The molecule has 0 N–H and O–H groups in total. The van der Waals surface area contributed by atoms with Crippen molar-refractivity contribution < 1.29 is 19.1 Å². The van der Waals surface area contributed by atoms with Crippen molar-refractivity contribution in [2.24, 2.45) is 0 Å². The molecule has 0 fully saturated rings. The molecular formula is C24H21Br2O4S+. The highest BCUT2D eigenvalue weighted by Gasteiger charge is 2.30. The number of benzene rings is 3. The number of carbonyl (C=O) groups excluding carboxylic acids is 2. The molecule has 4 nitrogen and oxygen atoms in total. The first-order valence-corrected chi connectivity index (χ1v) is 12.6. The average Bonchev–Trinajstić information content (AvgIpc) is 2.75. The number of rotatable bonds is 7. The zero-order chi connectivity index (χ0) is 22.4. The van der Waals surface area contributed by atoms with Crippen LogP contribution in [0.4, 0.5) is 0 Å². The van der Waals surface area contributed by atoms with Gasteiger partial charge in [0.1, 0.15) is 21.2 Å². The van der Waals surface area contributed by atoms with Crippen LogP contribution in [0.2, 0.25) is 0 Å². The molecule has 0 spiro atoms. The van der Waals surface area contributed by atoms with Gasteiger partial charge in [0, 0.05) is 18.2 Å². The van der Waals surface area contributed by atoms with Gasteiger partial charge >= 0.3 is 11.9 Å². The summed E-state index contributed by atoms with van der Waals surface area (Å²) in [6.07, 6.45) is 0. The summed E-state index contributed by atoms with van der Waals surface area (Å²) in [6, 6.07) is 25.3. The van der Waals surface area contributed by atoms with Gasteiger partial charge in [-0.1, -0.05) is 68.3 Å². The van der Waals surface area contributed by atoms with E-state index in [2.05, 4.69) is 56.1 Å². The van der Waals surface area contributed by atoms with Crippen molar-refractivity contribution in [3.8, 4) is 11.5 Å². The fraction of sp³-hybridized carbons (Fsp3) is 0.167. The standard InChI is InChI=1S/C24H21Br2O4S/c1-16(25)23(27)29-18-13-19(30-24(28)17(2)26)15-22(14-18)31(20-9-5-3-6-10-20)21-11-7-4-8-12-21/h3-17H,1-2H3/q+1. The van der Waals surface area contributed by atoms with Gasteiger partial charge in [-0.15, -0.1) is 0 Å². The molecule has 0 aliphatic rings. The fourth-order valence-corrected chi connectivity index (χ4v) is 5.03. The minimum Gasteiger partial charge on any atom is -0.425 e. The number of esters is 2. The molecule has 31 heavy (non-hydrogen) atoms. The maximum atomic E-state index is 12.2. The van der Waals surface area contributed by atoms with Gasteiger partial charge in [0.25, 0.3) is 0 Å². The number of carbonyl (C=O) groups is 2. The Morgan fingerprint density at radius 3 is 1.42 bits per heavy atom. The van der Waals surface area contributed by atoms with Crippen LogP contribution in [0.25, 0.3) is 0 Å². The van der Waals surface area contributed by atoms with Crippen LogP contribution >= 0.6 is 31.9 Å². The Kier molecular flexibility index (Phi) is 8.35. The molecule has 3 rings (SSSR count). The minimum atomic E-state index is -0.492. The highest BCUT2D eigenvalue weighted by molar-refractivity contribution is 9.10. The van der Waals surface area contributed by atoms with Gasteiger partial charge in [-0.2, -0.15) is 0 Å². The SMILES string of the molecule is CC(Br)C(=O)Oc1cc(OC(=O)C(C)Br)cc([S+](c2ccccc2)c2ccccc2)c1. The Morgan fingerprint density at radius 2 is 1.06 bits per heavy atom. The molecule has 0 saturated heterocycles. The highest BCUT2D eigenvalue weighted by atomic mass is 79.9. The van der Waals surface area contributed by atoms with Crippen molar-refractivity contribution >= 4 is 54.7 Å². The molecule has 0 heterocycles. The zero-order valence-corrected chi connectivity index (χ0v) is 20.9. The fourth-order valence-electron chi connectivity index (χ4n) is 2.70. The molecule has 0 aliphatic carbocycles. The lowest BCUT2D eigenvalue weighted by Gasteiger charge is -2.13. The smallest absolute Gasteiger partial charge is 0.324 e. The zero-order valence-electron chi connectivity index (χ0n) is 17.0. The second-order valence-corrected chi connectivity index (χ2v) is 11.4. The molecule has 0 amide bonds. The Balaban J connectivity index is 2.12. The van der Waals surface area contributed by atoms with E-state index in [1.165, 1.54) is 0 Å². The van der Waals surface area contributed by atoms with Crippen molar-refractivity contribution in [3.63, 3.8) is 0 Å². The van der Waals surface area contributed by atoms with Crippen molar-refractivity contribution in [2.45, 2.75) is 38.2 Å². The maximum Gasteiger partial charge on any atom is 0.324 e. The van der Waals surface area contributed by atoms with Crippen molar-refractivity contribution in [2.75, 3.05) is 0 Å². The first-order valence-electron chi connectivity index (χ1n) is 9.56. The van der Waals surface area contributed by atoms with Gasteiger partial charge in [0.05, 0.1) is 10.9 Å². The molecule has 0 aromatic heterocycles. The molecular weight excluding hydrogens is 544 g/mol. The number of alkyl halides is 2. The minimum absolute atomic E-state index is 0.322. The third kappa shape index (κ3) is 6.45. The normalized spacial score (nSPS) is 12.8. The van der Waals surface area contributed by atoms with Crippen molar-refractivity contribution in [3.05, 3.63) is 78.9 Å². The van der Waals surface area contributed by atoms with E-state index in [9.17, 15) is 9.59 Å². The van der Waals surface area contributed by atoms with Gasteiger partial charge in [-0.05, 0) is 38.1 Å². The highest BCUT2D eigenvalue weighted by Crippen LogP contribution is 2.36. The van der Waals surface area contributed by atoms with Crippen LogP contribution in [0, 0.1) is 0 Å². The van der Waals surface area contributed by atoms with Gasteiger partial charge in [0.2, 0.25) is 0 Å². The maximum absolute atomic E-state index is 12.2. The number of hydrogen-bond donors (Lipinski definition) is 0. The number of halogens is 2. The summed E-state index contributed by atoms with van der Waals surface area (Å²) in [4.78, 5) is 26.5. The molecule has 0 saturated carbocycles.